The van der Waals surface area contributed by atoms with Crippen LogP contribution >= 0.6 is 0 Å². The maximum atomic E-state index is 12.0. The molecular formula is C17H30O. The standard InChI is InChI=1S/C17H30O/c1-13(2)7-4-5-8-14-10-11-15-16(18)9-6-12-17(14,15)3/h13-15H,4-12H2,1-3H3. The van der Waals surface area contributed by atoms with Crippen molar-refractivity contribution in [1.82, 2.24) is 0 Å². The van der Waals surface area contributed by atoms with Crippen LogP contribution in [0, 0.1) is 23.2 Å². The molecule has 2 aliphatic carbocycles. The predicted molar refractivity (Wildman–Crippen MR) is 76.5 cm³/mol. The maximum absolute atomic E-state index is 12.0. The minimum absolute atomic E-state index is 0.368. The number of ketones is 1. The average Bonchev–Trinajstić information content (AvgIpc) is 2.63. The molecule has 0 heterocycles. The van der Waals surface area contributed by atoms with E-state index >= 15 is 0 Å². The largest absolute Gasteiger partial charge is 0.299 e. The smallest absolute Gasteiger partial charge is 0.136 e. The van der Waals surface area contributed by atoms with Crippen molar-refractivity contribution in [2.45, 2.75) is 78.6 Å². The van der Waals surface area contributed by atoms with Gasteiger partial charge in [0, 0.05) is 12.3 Å². The molecular weight excluding hydrogens is 220 g/mol. The van der Waals surface area contributed by atoms with Crippen LogP contribution in [0.25, 0.3) is 0 Å². The Morgan fingerprint density at radius 2 is 2.06 bits per heavy atom. The zero-order chi connectivity index (χ0) is 13.2. The van der Waals surface area contributed by atoms with E-state index in [4.69, 9.17) is 0 Å². The number of unbranched alkanes of at least 4 members (excludes halogenated alkanes) is 1. The van der Waals surface area contributed by atoms with Crippen LogP contribution in [0.2, 0.25) is 0 Å². The van der Waals surface area contributed by atoms with Gasteiger partial charge in [-0.05, 0) is 49.4 Å². The Labute approximate surface area is 113 Å². The van der Waals surface area contributed by atoms with E-state index in [1.165, 1.54) is 44.9 Å². The normalized spacial score (nSPS) is 36.1. The quantitative estimate of drug-likeness (QED) is 0.628. The number of fused-ring (bicyclic) bond motifs is 1. The first-order chi connectivity index (χ1) is 8.54. The minimum atomic E-state index is 0.368. The molecule has 1 nitrogen and oxygen atoms in total. The highest BCUT2D eigenvalue weighted by molar-refractivity contribution is 5.83. The Hall–Kier alpha value is -0.330. The van der Waals surface area contributed by atoms with Crippen molar-refractivity contribution >= 4 is 5.78 Å². The molecule has 0 N–H and O–H groups in total. The Kier molecular flexibility index (Phi) is 4.50. The van der Waals surface area contributed by atoms with Gasteiger partial charge in [-0.1, -0.05) is 40.0 Å². The van der Waals surface area contributed by atoms with E-state index in [9.17, 15) is 4.79 Å². The third-order valence-electron chi connectivity index (χ3n) is 5.64. The molecule has 1 heteroatoms. The van der Waals surface area contributed by atoms with Crippen LogP contribution < -0.4 is 0 Å². The zero-order valence-corrected chi connectivity index (χ0v) is 12.5. The summed E-state index contributed by atoms with van der Waals surface area (Å²) in [4.78, 5) is 12.0. The van der Waals surface area contributed by atoms with E-state index in [1.54, 1.807) is 0 Å². The zero-order valence-electron chi connectivity index (χ0n) is 12.5. The molecule has 0 saturated heterocycles. The molecule has 3 unspecified atom stereocenters. The third kappa shape index (κ3) is 2.81. The SMILES string of the molecule is CC(C)CCCCC1CCC2C(=O)CCCC12C. The summed E-state index contributed by atoms with van der Waals surface area (Å²) in [7, 11) is 0. The molecule has 0 aliphatic heterocycles. The molecule has 0 aromatic rings. The first-order valence-corrected chi connectivity index (χ1v) is 8.06. The van der Waals surface area contributed by atoms with E-state index in [1.807, 2.05) is 0 Å². The fraction of sp³-hybridized carbons (Fsp3) is 0.941. The number of rotatable bonds is 5. The second-order valence-corrected chi connectivity index (χ2v) is 7.33. The highest BCUT2D eigenvalue weighted by Gasteiger charge is 2.50. The second kappa shape index (κ2) is 5.75. The molecule has 0 bridgehead atoms. The van der Waals surface area contributed by atoms with Gasteiger partial charge in [0.15, 0.2) is 0 Å². The van der Waals surface area contributed by atoms with Gasteiger partial charge in [-0.15, -0.1) is 0 Å². The van der Waals surface area contributed by atoms with Gasteiger partial charge in [-0.3, -0.25) is 4.79 Å². The van der Waals surface area contributed by atoms with Crippen LogP contribution in [-0.2, 0) is 4.79 Å². The molecule has 2 aliphatic rings. The lowest BCUT2D eigenvalue weighted by molar-refractivity contribution is -0.129. The predicted octanol–water partition coefficient (Wildman–Crippen LogP) is 4.99. The lowest BCUT2D eigenvalue weighted by Crippen LogP contribution is -2.37. The van der Waals surface area contributed by atoms with Gasteiger partial charge >= 0.3 is 0 Å². The average molecular weight is 250 g/mol. The van der Waals surface area contributed by atoms with E-state index in [0.717, 1.165) is 24.7 Å². The molecule has 0 aromatic carbocycles. The lowest BCUT2D eigenvalue weighted by Gasteiger charge is -2.40. The minimum Gasteiger partial charge on any atom is -0.299 e. The summed E-state index contributed by atoms with van der Waals surface area (Å²) in [5, 5.41) is 0. The van der Waals surface area contributed by atoms with Crippen molar-refractivity contribution in [2.24, 2.45) is 23.2 Å². The molecule has 0 aromatic heterocycles. The second-order valence-electron chi connectivity index (χ2n) is 7.33. The van der Waals surface area contributed by atoms with E-state index in [0.29, 0.717) is 17.1 Å². The Bertz CT molecular complexity index is 294. The van der Waals surface area contributed by atoms with Crippen LogP contribution in [0.15, 0.2) is 0 Å². The number of hydrogen-bond donors (Lipinski definition) is 0. The molecule has 0 amide bonds. The molecule has 0 spiro atoms. The highest BCUT2D eigenvalue weighted by Crippen LogP contribution is 2.55. The summed E-state index contributed by atoms with van der Waals surface area (Å²) < 4.78 is 0. The van der Waals surface area contributed by atoms with Crippen molar-refractivity contribution in [2.75, 3.05) is 0 Å². The topological polar surface area (TPSA) is 17.1 Å². The highest BCUT2D eigenvalue weighted by atomic mass is 16.1. The summed E-state index contributed by atoms with van der Waals surface area (Å²) in [5.41, 5.74) is 0.368. The number of Topliss-reactive ketones (excluding diaryl/α,β-unsaturated/α-hetero) is 1. The van der Waals surface area contributed by atoms with Crippen LogP contribution in [0.3, 0.4) is 0 Å². The van der Waals surface area contributed by atoms with E-state index in [-0.39, 0.29) is 0 Å². The molecule has 3 atom stereocenters. The molecule has 2 saturated carbocycles. The number of carbonyl (C=O) groups excluding carboxylic acids is 1. The first kappa shape index (κ1) is 14.1. The van der Waals surface area contributed by atoms with Crippen LogP contribution in [0.5, 0.6) is 0 Å². The number of hydrogen-bond acceptors (Lipinski definition) is 1. The van der Waals surface area contributed by atoms with Gasteiger partial charge in [0.25, 0.3) is 0 Å². The summed E-state index contributed by atoms with van der Waals surface area (Å²) in [6.07, 6.45) is 11.3. The molecule has 0 radical (unpaired) electrons. The van der Waals surface area contributed by atoms with Gasteiger partial charge in [-0.25, -0.2) is 0 Å². The van der Waals surface area contributed by atoms with Crippen LogP contribution in [-0.4, -0.2) is 5.78 Å². The fourth-order valence-electron chi connectivity index (χ4n) is 4.45. The van der Waals surface area contributed by atoms with Crippen molar-refractivity contribution in [3.63, 3.8) is 0 Å². The van der Waals surface area contributed by atoms with Gasteiger partial charge in [0.05, 0.1) is 0 Å². The summed E-state index contributed by atoms with van der Waals surface area (Å²) >= 11 is 0. The molecule has 2 rings (SSSR count). The van der Waals surface area contributed by atoms with Crippen molar-refractivity contribution in [3.8, 4) is 0 Å². The number of carbonyl (C=O) groups is 1. The van der Waals surface area contributed by atoms with Crippen molar-refractivity contribution in [3.05, 3.63) is 0 Å². The lowest BCUT2D eigenvalue weighted by atomic mass is 9.64. The molecule has 2 fully saturated rings. The third-order valence-corrected chi connectivity index (χ3v) is 5.64. The van der Waals surface area contributed by atoms with Crippen molar-refractivity contribution in [1.29, 1.82) is 0 Å². The van der Waals surface area contributed by atoms with E-state index < -0.39 is 0 Å². The van der Waals surface area contributed by atoms with Crippen LogP contribution in [0.1, 0.15) is 78.6 Å². The van der Waals surface area contributed by atoms with E-state index in [2.05, 4.69) is 20.8 Å². The van der Waals surface area contributed by atoms with Gasteiger partial charge < -0.3 is 0 Å². The van der Waals surface area contributed by atoms with Crippen molar-refractivity contribution < 1.29 is 4.79 Å². The van der Waals surface area contributed by atoms with Gasteiger partial charge in [-0.2, -0.15) is 0 Å². The summed E-state index contributed by atoms with van der Waals surface area (Å²) in [6, 6.07) is 0. The molecule has 18 heavy (non-hydrogen) atoms. The van der Waals surface area contributed by atoms with Crippen LogP contribution in [0.4, 0.5) is 0 Å². The summed E-state index contributed by atoms with van der Waals surface area (Å²) in [5.74, 6) is 2.67. The monoisotopic (exact) mass is 250 g/mol. The molecule has 104 valence electrons. The Morgan fingerprint density at radius 1 is 1.28 bits per heavy atom. The van der Waals surface area contributed by atoms with Gasteiger partial charge in [0.1, 0.15) is 5.78 Å². The Morgan fingerprint density at radius 3 is 2.78 bits per heavy atom. The maximum Gasteiger partial charge on any atom is 0.136 e. The summed E-state index contributed by atoms with van der Waals surface area (Å²) in [6.45, 7) is 7.04. The first-order valence-electron chi connectivity index (χ1n) is 8.06. The Balaban J connectivity index is 1.84. The fourth-order valence-corrected chi connectivity index (χ4v) is 4.45. The van der Waals surface area contributed by atoms with Gasteiger partial charge in [0.2, 0.25) is 0 Å².